The average Bonchev–Trinajstić information content (AvgIpc) is 3.04. The number of aliphatic carboxylic acids is 1. The van der Waals surface area contributed by atoms with Gasteiger partial charge in [-0.3, -0.25) is 4.79 Å². The van der Waals surface area contributed by atoms with Crippen molar-refractivity contribution in [2.24, 2.45) is 0 Å². The lowest BCUT2D eigenvalue weighted by molar-refractivity contribution is -0.131. The summed E-state index contributed by atoms with van der Waals surface area (Å²) in [5.41, 5.74) is 0. The second-order valence-electron chi connectivity index (χ2n) is 4.71. The van der Waals surface area contributed by atoms with Crippen LogP contribution in [0.5, 0.6) is 0 Å². The molecule has 2 rings (SSSR count). The molecule has 1 amide bonds. The van der Waals surface area contributed by atoms with Crippen LogP contribution in [0, 0.1) is 0 Å². The summed E-state index contributed by atoms with van der Waals surface area (Å²) >= 11 is 1.28. The Bertz CT molecular complexity index is 523. The number of thiophene rings is 1. The first-order chi connectivity index (χ1) is 9.58. The van der Waals surface area contributed by atoms with E-state index in [2.05, 4.69) is 5.32 Å². The highest BCUT2D eigenvalue weighted by molar-refractivity contribution is 7.14. The standard InChI is InChI=1S/C14H17NO4S/c1-19-10-3-2-9(8-10)15-14(18)12-6-4-11(20-12)5-7-13(16)17/h4-7,9-10H,2-3,8H2,1H3,(H,15,18)(H,16,17)/b7-5+. The second-order valence-corrected chi connectivity index (χ2v) is 5.83. The largest absolute Gasteiger partial charge is 0.478 e. The molecule has 2 unspecified atom stereocenters. The van der Waals surface area contributed by atoms with Gasteiger partial charge in [-0.1, -0.05) is 0 Å². The SMILES string of the molecule is COC1CCC(NC(=O)c2ccc(/C=C/C(=O)O)s2)C1. The third kappa shape index (κ3) is 3.91. The maximum atomic E-state index is 12.1. The van der Waals surface area contributed by atoms with Crippen LogP contribution < -0.4 is 5.32 Å². The Labute approximate surface area is 121 Å². The number of carboxylic acid groups (broad SMARTS) is 1. The van der Waals surface area contributed by atoms with Crippen molar-refractivity contribution in [1.29, 1.82) is 0 Å². The zero-order valence-electron chi connectivity index (χ0n) is 11.2. The lowest BCUT2D eigenvalue weighted by atomic mass is 10.2. The molecular weight excluding hydrogens is 278 g/mol. The van der Waals surface area contributed by atoms with Gasteiger partial charge >= 0.3 is 5.97 Å². The molecule has 0 bridgehead atoms. The van der Waals surface area contributed by atoms with Gasteiger partial charge in [-0.25, -0.2) is 4.79 Å². The lowest BCUT2D eigenvalue weighted by Crippen LogP contribution is -2.32. The van der Waals surface area contributed by atoms with Crippen LogP contribution in [-0.2, 0) is 9.53 Å². The van der Waals surface area contributed by atoms with Crippen molar-refractivity contribution >= 4 is 29.3 Å². The van der Waals surface area contributed by atoms with E-state index in [1.165, 1.54) is 17.4 Å². The van der Waals surface area contributed by atoms with E-state index in [0.717, 1.165) is 30.2 Å². The Morgan fingerprint density at radius 1 is 1.45 bits per heavy atom. The summed E-state index contributed by atoms with van der Waals surface area (Å²) < 4.78 is 5.27. The van der Waals surface area contributed by atoms with E-state index < -0.39 is 5.97 Å². The Morgan fingerprint density at radius 3 is 2.90 bits per heavy atom. The van der Waals surface area contributed by atoms with E-state index in [-0.39, 0.29) is 18.1 Å². The molecule has 0 aromatic carbocycles. The minimum absolute atomic E-state index is 0.105. The van der Waals surface area contributed by atoms with E-state index in [4.69, 9.17) is 9.84 Å². The summed E-state index contributed by atoms with van der Waals surface area (Å²) in [6.07, 6.45) is 5.53. The monoisotopic (exact) mass is 295 g/mol. The highest BCUT2D eigenvalue weighted by Gasteiger charge is 2.26. The Hall–Kier alpha value is -1.66. The third-order valence-electron chi connectivity index (χ3n) is 3.29. The number of rotatable bonds is 5. The Morgan fingerprint density at radius 2 is 2.25 bits per heavy atom. The molecule has 0 saturated heterocycles. The van der Waals surface area contributed by atoms with Crippen molar-refractivity contribution in [2.75, 3.05) is 7.11 Å². The molecule has 20 heavy (non-hydrogen) atoms. The molecule has 6 heteroatoms. The van der Waals surface area contributed by atoms with E-state index in [1.807, 2.05) is 0 Å². The van der Waals surface area contributed by atoms with Gasteiger partial charge in [0.2, 0.25) is 0 Å². The summed E-state index contributed by atoms with van der Waals surface area (Å²) in [5, 5.41) is 11.5. The predicted octanol–water partition coefficient (Wildman–Crippen LogP) is 2.14. The average molecular weight is 295 g/mol. The van der Waals surface area contributed by atoms with Crippen molar-refractivity contribution in [3.8, 4) is 0 Å². The number of ether oxygens (including phenoxy) is 1. The minimum atomic E-state index is -0.999. The van der Waals surface area contributed by atoms with Gasteiger partial charge in [-0.05, 0) is 37.5 Å². The topological polar surface area (TPSA) is 75.6 Å². The van der Waals surface area contributed by atoms with Crippen LogP contribution in [0.3, 0.4) is 0 Å². The van der Waals surface area contributed by atoms with Gasteiger partial charge in [0.1, 0.15) is 0 Å². The first-order valence-corrected chi connectivity index (χ1v) is 7.24. The summed E-state index contributed by atoms with van der Waals surface area (Å²) in [5.74, 6) is -1.10. The van der Waals surface area contributed by atoms with Crippen LogP contribution in [0.1, 0.15) is 33.8 Å². The number of amides is 1. The van der Waals surface area contributed by atoms with Crippen molar-refractivity contribution in [3.63, 3.8) is 0 Å². The smallest absolute Gasteiger partial charge is 0.328 e. The molecule has 108 valence electrons. The summed E-state index contributed by atoms with van der Waals surface area (Å²) in [6, 6.07) is 3.61. The number of carbonyl (C=O) groups excluding carboxylic acids is 1. The van der Waals surface area contributed by atoms with Crippen molar-refractivity contribution in [2.45, 2.75) is 31.4 Å². The van der Waals surface area contributed by atoms with Crippen molar-refractivity contribution in [1.82, 2.24) is 5.32 Å². The molecule has 0 radical (unpaired) electrons. The summed E-state index contributed by atoms with van der Waals surface area (Å²) in [7, 11) is 1.69. The van der Waals surface area contributed by atoms with Gasteiger partial charge in [0, 0.05) is 24.1 Å². The van der Waals surface area contributed by atoms with Crippen LogP contribution in [0.4, 0.5) is 0 Å². The highest BCUT2D eigenvalue weighted by Crippen LogP contribution is 2.23. The number of methoxy groups -OCH3 is 1. The molecule has 2 atom stereocenters. The number of nitrogens with one attached hydrogen (secondary N) is 1. The number of carbonyl (C=O) groups is 2. The van der Waals surface area contributed by atoms with Crippen LogP contribution in [0.15, 0.2) is 18.2 Å². The summed E-state index contributed by atoms with van der Waals surface area (Å²) in [4.78, 5) is 23.8. The van der Waals surface area contributed by atoms with E-state index in [0.29, 0.717) is 4.88 Å². The fourth-order valence-electron chi connectivity index (χ4n) is 2.26. The van der Waals surface area contributed by atoms with E-state index in [9.17, 15) is 9.59 Å². The van der Waals surface area contributed by atoms with E-state index >= 15 is 0 Å². The molecular formula is C14H17NO4S. The quantitative estimate of drug-likeness (QED) is 0.816. The van der Waals surface area contributed by atoms with Crippen LogP contribution in [0.2, 0.25) is 0 Å². The number of hydrogen-bond donors (Lipinski definition) is 2. The van der Waals surface area contributed by atoms with Gasteiger partial charge in [-0.15, -0.1) is 11.3 Å². The molecule has 0 aliphatic heterocycles. The number of carboxylic acids is 1. The molecule has 1 heterocycles. The van der Waals surface area contributed by atoms with Crippen LogP contribution in [-0.4, -0.2) is 36.2 Å². The van der Waals surface area contributed by atoms with Crippen LogP contribution in [0.25, 0.3) is 6.08 Å². The molecule has 1 saturated carbocycles. The highest BCUT2D eigenvalue weighted by atomic mass is 32.1. The minimum Gasteiger partial charge on any atom is -0.478 e. The molecule has 1 fully saturated rings. The van der Waals surface area contributed by atoms with Crippen molar-refractivity contribution in [3.05, 3.63) is 28.0 Å². The molecule has 0 spiro atoms. The fraction of sp³-hybridized carbons (Fsp3) is 0.429. The maximum absolute atomic E-state index is 12.1. The van der Waals surface area contributed by atoms with Gasteiger partial charge in [0.05, 0.1) is 11.0 Å². The predicted molar refractivity (Wildman–Crippen MR) is 76.9 cm³/mol. The zero-order valence-corrected chi connectivity index (χ0v) is 12.0. The molecule has 1 aromatic heterocycles. The fourth-order valence-corrected chi connectivity index (χ4v) is 3.07. The number of hydrogen-bond acceptors (Lipinski definition) is 4. The first-order valence-electron chi connectivity index (χ1n) is 6.43. The van der Waals surface area contributed by atoms with Gasteiger partial charge in [0.15, 0.2) is 0 Å². The Balaban J connectivity index is 1.91. The lowest BCUT2D eigenvalue weighted by Gasteiger charge is -2.11. The molecule has 2 N–H and O–H groups in total. The Kier molecular flexibility index (Phi) is 4.92. The van der Waals surface area contributed by atoms with E-state index in [1.54, 1.807) is 19.2 Å². The van der Waals surface area contributed by atoms with Crippen molar-refractivity contribution < 1.29 is 19.4 Å². The van der Waals surface area contributed by atoms with Gasteiger partial charge < -0.3 is 15.2 Å². The molecule has 1 aliphatic carbocycles. The normalized spacial score (nSPS) is 22.2. The first kappa shape index (κ1) is 14.7. The summed E-state index contributed by atoms with van der Waals surface area (Å²) in [6.45, 7) is 0. The maximum Gasteiger partial charge on any atom is 0.328 e. The molecule has 1 aliphatic rings. The molecule has 1 aromatic rings. The third-order valence-corrected chi connectivity index (χ3v) is 4.34. The van der Waals surface area contributed by atoms with Crippen LogP contribution >= 0.6 is 11.3 Å². The molecule has 5 nitrogen and oxygen atoms in total. The van der Waals surface area contributed by atoms with Gasteiger partial charge in [0.25, 0.3) is 5.91 Å². The van der Waals surface area contributed by atoms with Gasteiger partial charge in [-0.2, -0.15) is 0 Å². The zero-order chi connectivity index (χ0) is 14.5. The second kappa shape index (κ2) is 6.67.